The van der Waals surface area contributed by atoms with Crippen LogP contribution in [0.2, 0.25) is 0 Å². The van der Waals surface area contributed by atoms with Crippen LogP contribution in [0.5, 0.6) is 5.75 Å². The number of fused-ring (bicyclic) bond motifs is 3. The summed E-state index contributed by atoms with van der Waals surface area (Å²) >= 11 is 0. The lowest BCUT2D eigenvalue weighted by molar-refractivity contribution is -0.153. The fourth-order valence-corrected chi connectivity index (χ4v) is 7.07. The number of likely N-dealkylation sites (N-methyl/N-ethyl adjacent to an activating group) is 1. The second kappa shape index (κ2) is 10.8. The van der Waals surface area contributed by atoms with E-state index >= 15 is 0 Å². The second-order valence-electron chi connectivity index (χ2n) is 12.5. The predicted octanol–water partition coefficient (Wildman–Crippen LogP) is 2.79. The van der Waals surface area contributed by atoms with E-state index in [9.17, 15) is 39.6 Å². The van der Waals surface area contributed by atoms with E-state index in [-0.39, 0.29) is 41.4 Å². The van der Waals surface area contributed by atoms with Gasteiger partial charge in [-0.2, -0.15) is 0 Å². The monoisotopic (exact) mass is 588 g/mol. The number of nitrogens with zero attached hydrogens (tertiary/aromatic N) is 1. The summed E-state index contributed by atoms with van der Waals surface area (Å²) in [6, 6.07) is 9.42. The van der Waals surface area contributed by atoms with E-state index in [1.165, 1.54) is 11.0 Å². The van der Waals surface area contributed by atoms with Crippen molar-refractivity contribution in [3.63, 3.8) is 0 Å². The number of primary amides is 1. The van der Waals surface area contributed by atoms with Crippen molar-refractivity contribution in [2.75, 3.05) is 14.1 Å². The topological polar surface area (TPSA) is 178 Å². The van der Waals surface area contributed by atoms with Crippen LogP contribution in [-0.4, -0.2) is 74.3 Å². The number of benzene rings is 2. The van der Waals surface area contributed by atoms with Gasteiger partial charge in [-0.1, -0.05) is 44.2 Å². The van der Waals surface area contributed by atoms with Crippen molar-refractivity contribution in [2.45, 2.75) is 51.2 Å². The molecule has 0 spiro atoms. The van der Waals surface area contributed by atoms with Crippen LogP contribution in [0.15, 0.2) is 53.3 Å². The normalized spacial score (nSPS) is 25.1. The lowest BCUT2D eigenvalue weighted by atomic mass is 9.57. The molecule has 226 valence electrons. The molecule has 1 saturated carbocycles. The number of ketones is 3. The number of aromatic hydroxyl groups is 1. The van der Waals surface area contributed by atoms with Crippen LogP contribution in [0.4, 0.5) is 0 Å². The first-order valence-electron chi connectivity index (χ1n) is 14.3. The van der Waals surface area contributed by atoms with Gasteiger partial charge in [-0.3, -0.25) is 24.1 Å². The Bertz CT molecular complexity index is 1620. The molecule has 6 N–H and O–H groups in total. The SMILES string of the molecule is CC(C)CC(=O)Cc1ccc(-c2ccc(O)c3c2C[C@H]2C[C@H]4[C@H](N(C)C)C(=O)C(C(N)=O)=C(O)[C@@]4(O)C(=O)C2=C3O)cc1. The predicted molar refractivity (Wildman–Crippen MR) is 158 cm³/mol. The number of nitrogens with two attached hydrogens (primary N) is 1. The standard InChI is InChI=1S/C33H36N2O8/c1-15(2)11-19(36)12-16-5-7-17(8-6-16)20-9-10-23(37)25-21(20)13-18-14-22-27(35(3)4)29(39)26(32(34)42)31(41)33(22,43)30(40)24(18)28(25)38/h5-10,15,18,22,27,37-38,41,43H,11-14H2,1-4H3,(H2,34,42)/t18-,22-,27-,33-/m0/s1. The summed E-state index contributed by atoms with van der Waals surface area (Å²) in [7, 11) is 3.12. The number of hydrogen-bond donors (Lipinski definition) is 5. The van der Waals surface area contributed by atoms with E-state index < -0.39 is 58.0 Å². The van der Waals surface area contributed by atoms with Crippen molar-refractivity contribution < 1.29 is 39.6 Å². The third-order valence-electron chi connectivity index (χ3n) is 8.91. The summed E-state index contributed by atoms with van der Waals surface area (Å²) < 4.78 is 0. The number of rotatable bonds is 7. The number of hydrogen-bond acceptors (Lipinski definition) is 9. The zero-order valence-corrected chi connectivity index (χ0v) is 24.5. The number of aliphatic hydroxyl groups excluding tert-OH is 2. The Balaban J connectivity index is 1.60. The van der Waals surface area contributed by atoms with Gasteiger partial charge in [0.2, 0.25) is 5.78 Å². The van der Waals surface area contributed by atoms with Crippen LogP contribution in [0.25, 0.3) is 16.9 Å². The van der Waals surface area contributed by atoms with Crippen molar-refractivity contribution in [1.82, 2.24) is 4.90 Å². The Morgan fingerprint density at radius 1 is 1.05 bits per heavy atom. The fourth-order valence-electron chi connectivity index (χ4n) is 7.07. The first-order chi connectivity index (χ1) is 20.2. The molecule has 0 aliphatic heterocycles. The minimum Gasteiger partial charge on any atom is -0.508 e. The molecule has 0 radical (unpaired) electrons. The van der Waals surface area contributed by atoms with Crippen molar-refractivity contribution in [2.24, 2.45) is 23.5 Å². The Hall–Kier alpha value is -4.28. The van der Waals surface area contributed by atoms with E-state index in [0.29, 0.717) is 24.0 Å². The summed E-state index contributed by atoms with van der Waals surface area (Å²) in [5.41, 5.74) is 4.60. The Labute approximate surface area is 249 Å². The molecule has 0 heterocycles. The maximum Gasteiger partial charge on any atom is 0.255 e. The molecule has 2 aromatic carbocycles. The highest BCUT2D eigenvalue weighted by Crippen LogP contribution is 2.53. The van der Waals surface area contributed by atoms with Gasteiger partial charge in [0.25, 0.3) is 5.91 Å². The Kier molecular flexibility index (Phi) is 7.56. The number of carbonyl (C=O) groups excluding carboxylic acids is 4. The average Bonchev–Trinajstić information content (AvgIpc) is 2.90. The molecule has 1 fully saturated rings. The van der Waals surface area contributed by atoms with Gasteiger partial charge in [0.1, 0.15) is 28.6 Å². The summed E-state index contributed by atoms with van der Waals surface area (Å²) in [6.45, 7) is 3.99. The van der Waals surface area contributed by atoms with Crippen LogP contribution in [0.3, 0.4) is 0 Å². The maximum absolute atomic E-state index is 14.0. The molecule has 0 aromatic heterocycles. The van der Waals surface area contributed by atoms with E-state index in [1.54, 1.807) is 20.2 Å². The number of carbonyl (C=O) groups is 4. The molecule has 0 bridgehead atoms. The lowest BCUT2D eigenvalue weighted by Gasteiger charge is -2.50. The number of Topliss-reactive ketones (excluding diaryl/α,β-unsaturated/α-hetero) is 3. The lowest BCUT2D eigenvalue weighted by Crippen LogP contribution is -2.65. The summed E-state index contributed by atoms with van der Waals surface area (Å²) in [4.78, 5) is 53.2. The van der Waals surface area contributed by atoms with Gasteiger partial charge in [0, 0.05) is 24.3 Å². The van der Waals surface area contributed by atoms with E-state index in [0.717, 1.165) is 11.1 Å². The highest BCUT2D eigenvalue weighted by molar-refractivity contribution is 6.24. The van der Waals surface area contributed by atoms with Crippen molar-refractivity contribution in [1.29, 1.82) is 0 Å². The van der Waals surface area contributed by atoms with E-state index in [2.05, 4.69) is 0 Å². The molecule has 2 aromatic rings. The highest BCUT2D eigenvalue weighted by atomic mass is 16.3. The van der Waals surface area contributed by atoms with Gasteiger partial charge in [-0.15, -0.1) is 0 Å². The van der Waals surface area contributed by atoms with Gasteiger partial charge >= 0.3 is 0 Å². The third-order valence-corrected chi connectivity index (χ3v) is 8.91. The van der Waals surface area contributed by atoms with Crippen LogP contribution in [0, 0.1) is 17.8 Å². The van der Waals surface area contributed by atoms with Gasteiger partial charge in [-0.25, -0.2) is 0 Å². The minimum absolute atomic E-state index is 0.0117. The quantitative estimate of drug-likeness (QED) is 0.304. The van der Waals surface area contributed by atoms with E-state index in [4.69, 9.17) is 5.73 Å². The Morgan fingerprint density at radius 3 is 2.28 bits per heavy atom. The number of phenolic OH excluding ortho intramolecular Hbond substituents is 1. The smallest absolute Gasteiger partial charge is 0.255 e. The number of amides is 1. The molecule has 5 rings (SSSR count). The van der Waals surface area contributed by atoms with Gasteiger partial charge in [0.15, 0.2) is 11.4 Å². The molecule has 43 heavy (non-hydrogen) atoms. The van der Waals surface area contributed by atoms with E-state index in [1.807, 2.05) is 38.1 Å². The van der Waals surface area contributed by atoms with Crippen LogP contribution < -0.4 is 5.73 Å². The summed E-state index contributed by atoms with van der Waals surface area (Å²) in [5, 5.41) is 45.0. The molecule has 10 heteroatoms. The molecule has 0 saturated heterocycles. The third kappa shape index (κ3) is 4.74. The molecular formula is C33H36N2O8. The first kappa shape index (κ1) is 30.2. The summed E-state index contributed by atoms with van der Waals surface area (Å²) in [6.07, 6.45) is 1.01. The number of aliphatic hydroxyl groups is 3. The van der Waals surface area contributed by atoms with Gasteiger partial charge in [-0.05, 0) is 67.1 Å². The maximum atomic E-state index is 14.0. The fraction of sp³-hybridized carbons (Fsp3) is 0.394. The number of phenols is 1. The van der Waals surface area contributed by atoms with Gasteiger partial charge in [0.05, 0.1) is 11.6 Å². The minimum atomic E-state index is -2.68. The second-order valence-corrected chi connectivity index (χ2v) is 12.5. The molecule has 3 aliphatic rings. The molecule has 4 atom stereocenters. The molecule has 10 nitrogen and oxygen atoms in total. The van der Waals surface area contributed by atoms with Crippen LogP contribution in [-0.2, 0) is 32.0 Å². The largest absolute Gasteiger partial charge is 0.508 e. The van der Waals surface area contributed by atoms with Crippen molar-refractivity contribution in [3.8, 4) is 16.9 Å². The molecule has 3 aliphatic carbocycles. The molecular weight excluding hydrogens is 552 g/mol. The van der Waals surface area contributed by atoms with Gasteiger partial charge < -0.3 is 26.2 Å². The molecule has 1 amide bonds. The first-order valence-corrected chi connectivity index (χ1v) is 14.3. The Morgan fingerprint density at radius 2 is 1.70 bits per heavy atom. The zero-order chi connectivity index (χ0) is 31.5. The van der Waals surface area contributed by atoms with Crippen molar-refractivity contribution >= 4 is 29.0 Å². The van der Waals surface area contributed by atoms with Crippen molar-refractivity contribution in [3.05, 3.63) is 70.0 Å². The summed E-state index contributed by atoms with van der Waals surface area (Å²) in [5.74, 6) is -6.44. The van der Waals surface area contributed by atoms with Crippen LogP contribution >= 0.6 is 0 Å². The zero-order valence-electron chi connectivity index (χ0n) is 24.5. The molecule has 0 unspecified atom stereocenters. The average molecular weight is 589 g/mol. The highest BCUT2D eigenvalue weighted by Gasteiger charge is 2.64. The van der Waals surface area contributed by atoms with Crippen LogP contribution in [0.1, 0.15) is 43.4 Å².